The highest BCUT2D eigenvalue weighted by atomic mass is 35.5. The van der Waals surface area contributed by atoms with Crippen LogP contribution in [0.1, 0.15) is 5.56 Å². The van der Waals surface area contributed by atoms with Crippen LogP contribution in [-0.4, -0.2) is 16.4 Å². The summed E-state index contributed by atoms with van der Waals surface area (Å²) in [5.74, 6) is -0.486. The van der Waals surface area contributed by atoms with Crippen LogP contribution in [0.15, 0.2) is 34.8 Å². The Balaban J connectivity index is 2.32. The molecular formula is C12H9Cl3N2OS. The monoisotopic (exact) mass is 334 g/mol. The third-order valence-corrected chi connectivity index (χ3v) is 3.96. The zero-order chi connectivity index (χ0) is 13.8. The Morgan fingerprint density at radius 2 is 2.16 bits per heavy atom. The second-order valence-corrected chi connectivity index (χ2v) is 5.67. The summed E-state index contributed by atoms with van der Waals surface area (Å²) in [4.78, 5) is 15.8. The molecule has 1 amide bonds. The standard InChI is InChI=1S/C12H9Cl3N2OS/c13-6-11(18)16-12-17(3-4-19-12)7-8-1-2-9(14)5-10(8)15/h1-5H,6-7H2. The van der Waals surface area contributed by atoms with E-state index in [0.717, 1.165) is 5.56 Å². The number of thiazole rings is 1. The van der Waals surface area contributed by atoms with E-state index in [1.165, 1.54) is 11.3 Å². The molecule has 100 valence electrons. The third-order valence-electron chi connectivity index (χ3n) is 2.35. The predicted octanol–water partition coefficient (Wildman–Crippen LogP) is 3.57. The van der Waals surface area contributed by atoms with Crippen LogP contribution < -0.4 is 4.80 Å². The molecule has 0 N–H and O–H groups in total. The number of benzene rings is 1. The van der Waals surface area contributed by atoms with Gasteiger partial charge in [0, 0.05) is 21.6 Å². The molecule has 0 saturated heterocycles. The fraction of sp³-hybridized carbons (Fsp3) is 0.167. The quantitative estimate of drug-likeness (QED) is 0.790. The second kappa shape index (κ2) is 6.57. The lowest BCUT2D eigenvalue weighted by molar-refractivity contribution is -0.115. The Hall–Kier alpha value is -0.810. The second-order valence-electron chi connectivity index (χ2n) is 3.69. The molecule has 0 fully saturated rings. The Morgan fingerprint density at radius 3 is 2.84 bits per heavy atom. The molecule has 1 heterocycles. The van der Waals surface area contributed by atoms with E-state index in [9.17, 15) is 4.79 Å². The number of carbonyl (C=O) groups is 1. The van der Waals surface area contributed by atoms with Gasteiger partial charge in [0.15, 0.2) is 4.80 Å². The van der Waals surface area contributed by atoms with Crippen LogP contribution in [0.3, 0.4) is 0 Å². The van der Waals surface area contributed by atoms with Crippen LogP contribution in [0.4, 0.5) is 0 Å². The molecule has 1 aromatic carbocycles. The highest BCUT2D eigenvalue weighted by Gasteiger charge is 2.04. The van der Waals surface area contributed by atoms with Gasteiger partial charge in [-0.05, 0) is 17.7 Å². The first-order valence-corrected chi connectivity index (χ1v) is 7.48. The summed E-state index contributed by atoms with van der Waals surface area (Å²) in [7, 11) is 0. The number of hydrogen-bond donors (Lipinski definition) is 0. The number of carbonyl (C=O) groups excluding carboxylic acids is 1. The minimum atomic E-state index is -0.361. The average molecular weight is 336 g/mol. The third kappa shape index (κ3) is 3.83. The number of aromatic nitrogens is 1. The summed E-state index contributed by atoms with van der Waals surface area (Å²) < 4.78 is 1.84. The molecule has 2 aromatic rings. The van der Waals surface area contributed by atoms with E-state index in [1.807, 2.05) is 22.2 Å². The lowest BCUT2D eigenvalue weighted by Crippen LogP contribution is -2.17. The number of alkyl halides is 1. The van der Waals surface area contributed by atoms with Gasteiger partial charge < -0.3 is 4.57 Å². The van der Waals surface area contributed by atoms with Crippen molar-refractivity contribution >= 4 is 52.0 Å². The van der Waals surface area contributed by atoms with E-state index in [4.69, 9.17) is 34.8 Å². The van der Waals surface area contributed by atoms with Gasteiger partial charge in [0.2, 0.25) is 0 Å². The van der Waals surface area contributed by atoms with Crippen LogP contribution in [-0.2, 0) is 11.3 Å². The van der Waals surface area contributed by atoms with Crippen LogP contribution in [0.5, 0.6) is 0 Å². The van der Waals surface area contributed by atoms with Gasteiger partial charge in [-0.2, -0.15) is 4.99 Å². The summed E-state index contributed by atoms with van der Waals surface area (Å²) in [6.45, 7) is 0.522. The Morgan fingerprint density at radius 1 is 1.37 bits per heavy atom. The average Bonchev–Trinajstić information content (AvgIpc) is 2.80. The van der Waals surface area contributed by atoms with Crippen molar-refractivity contribution in [1.82, 2.24) is 4.57 Å². The Bertz CT molecular complexity index is 663. The topological polar surface area (TPSA) is 34.4 Å². The van der Waals surface area contributed by atoms with Crippen molar-refractivity contribution in [2.75, 3.05) is 5.88 Å². The first-order valence-electron chi connectivity index (χ1n) is 5.31. The van der Waals surface area contributed by atoms with E-state index in [0.29, 0.717) is 21.4 Å². The zero-order valence-corrected chi connectivity index (χ0v) is 12.7. The van der Waals surface area contributed by atoms with Gasteiger partial charge in [0.05, 0.1) is 6.54 Å². The lowest BCUT2D eigenvalue weighted by Gasteiger charge is -2.06. The summed E-state index contributed by atoms with van der Waals surface area (Å²) in [5, 5.41) is 3.02. The normalized spacial score (nSPS) is 11.8. The fourth-order valence-electron chi connectivity index (χ4n) is 1.48. The number of halogens is 3. The van der Waals surface area contributed by atoms with Crippen molar-refractivity contribution < 1.29 is 4.79 Å². The maximum Gasteiger partial charge on any atom is 0.263 e. The molecule has 19 heavy (non-hydrogen) atoms. The van der Waals surface area contributed by atoms with E-state index >= 15 is 0 Å². The molecule has 0 radical (unpaired) electrons. The van der Waals surface area contributed by atoms with E-state index in [-0.39, 0.29) is 11.8 Å². The number of nitrogens with zero attached hydrogens (tertiary/aromatic N) is 2. The summed E-state index contributed by atoms with van der Waals surface area (Å²) >= 11 is 18.8. The number of rotatable bonds is 3. The van der Waals surface area contributed by atoms with Crippen molar-refractivity contribution in [2.45, 2.75) is 6.54 Å². The molecule has 0 atom stereocenters. The first kappa shape index (κ1) is 14.6. The zero-order valence-electron chi connectivity index (χ0n) is 9.65. The minimum absolute atomic E-state index is 0.125. The van der Waals surface area contributed by atoms with Gasteiger partial charge >= 0.3 is 0 Å². The molecule has 0 aliphatic carbocycles. The van der Waals surface area contributed by atoms with Gasteiger partial charge in [-0.15, -0.1) is 22.9 Å². The predicted molar refractivity (Wildman–Crippen MR) is 79.2 cm³/mol. The van der Waals surface area contributed by atoms with Gasteiger partial charge in [0.25, 0.3) is 5.91 Å². The largest absolute Gasteiger partial charge is 0.319 e. The molecule has 2 rings (SSSR count). The Labute approximate surface area is 129 Å². The maximum absolute atomic E-state index is 11.2. The molecule has 0 unspecified atom stereocenters. The molecule has 0 spiro atoms. The molecule has 3 nitrogen and oxygen atoms in total. The van der Waals surface area contributed by atoms with Gasteiger partial charge in [0.1, 0.15) is 5.88 Å². The molecule has 7 heteroatoms. The summed E-state index contributed by atoms with van der Waals surface area (Å²) in [6.07, 6.45) is 1.84. The minimum Gasteiger partial charge on any atom is -0.319 e. The lowest BCUT2D eigenvalue weighted by atomic mass is 10.2. The molecule has 0 aliphatic heterocycles. The number of hydrogen-bond acceptors (Lipinski definition) is 2. The van der Waals surface area contributed by atoms with Crippen LogP contribution in [0.2, 0.25) is 10.0 Å². The van der Waals surface area contributed by atoms with Gasteiger partial charge in [-0.3, -0.25) is 4.79 Å². The maximum atomic E-state index is 11.2. The molecule has 1 aromatic heterocycles. The summed E-state index contributed by atoms with van der Waals surface area (Å²) in [5.41, 5.74) is 0.907. The van der Waals surface area contributed by atoms with E-state index in [1.54, 1.807) is 12.1 Å². The van der Waals surface area contributed by atoms with Crippen LogP contribution in [0.25, 0.3) is 0 Å². The molecule has 0 aliphatic rings. The molecule has 0 bridgehead atoms. The van der Waals surface area contributed by atoms with E-state index < -0.39 is 0 Å². The smallest absolute Gasteiger partial charge is 0.263 e. The van der Waals surface area contributed by atoms with Crippen molar-refractivity contribution in [3.8, 4) is 0 Å². The van der Waals surface area contributed by atoms with Crippen LogP contribution in [0, 0.1) is 0 Å². The van der Waals surface area contributed by atoms with Crippen molar-refractivity contribution in [3.63, 3.8) is 0 Å². The van der Waals surface area contributed by atoms with Gasteiger partial charge in [-0.25, -0.2) is 0 Å². The van der Waals surface area contributed by atoms with E-state index in [2.05, 4.69) is 4.99 Å². The van der Waals surface area contributed by atoms with Crippen molar-refractivity contribution in [2.24, 2.45) is 4.99 Å². The highest BCUT2D eigenvalue weighted by molar-refractivity contribution is 7.07. The van der Waals surface area contributed by atoms with Crippen molar-refractivity contribution in [1.29, 1.82) is 0 Å². The van der Waals surface area contributed by atoms with Crippen LogP contribution >= 0.6 is 46.1 Å². The Kier molecular flexibility index (Phi) is 5.05. The first-order chi connectivity index (χ1) is 9.10. The molecule has 0 saturated carbocycles. The summed E-state index contributed by atoms with van der Waals surface area (Å²) in [6, 6.07) is 5.31. The molecular weight excluding hydrogens is 327 g/mol. The number of amides is 1. The fourth-order valence-corrected chi connectivity index (χ4v) is 2.75. The highest BCUT2D eigenvalue weighted by Crippen LogP contribution is 2.21. The van der Waals surface area contributed by atoms with Crippen molar-refractivity contribution in [3.05, 3.63) is 50.2 Å². The van der Waals surface area contributed by atoms with Gasteiger partial charge in [-0.1, -0.05) is 29.3 Å². The SMILES string of the molecule is O=C(CCl)N=c1sccn1Cc1ccc(Cl)cc1Cl.